The first-order valence-electron chi connectivity index (χ1n) is 6.13. The summed E-state index contributed by atoms with van der Waals surface area (Å²) in [5.41, 5.74) is 5.78. The number of nitrogens with two attached hydrogens (primary N) is 1. The maximum absolute atomic E-state index is 5.78. The van der Waals surface area contributed by atoms with Crippen molar-refractivity contribution in [1.29, 1.82) is 0 Å². The molecular formula is C12H25N3. The third kappa shape index (κ3) is 4.54. The Balaban J connectivity index is 2.21. The van der Waals surface area contributed by atoms with Crippen LogP contribution >= 0.6 is 0 Å². The summed E-state index contributed by atoms with van der Waals surface area (Å²) in [7, 11) is 0. The van der Waals surface area contributed by atoms with Gasteiger partial charge in [0.2, 0.25) is 0 Å². The molecule has 1 aliphatic carbocycles. The zero-order chi connectivity index (χ0) is 11.3. The molecule has 1 fully saturated rings. The maximum atomic E-state index is 5.78. The van der Waals surface area contributed by atoms with Gasteiger partial charge < -0.3 is 11.1 Å². The van der Waals surface area contributed by atoms with Crippen LogP contribution in [-0.2, 0) is 0 Å². The Morgan fingerprint density at radius 3 is 2.73 bits per heavy atom. The van der Waals surface area contributed by atoms with Crippen LogP contribution < -0.4 is 11.1 Å². The van der Waals surface area contributed by atoms with Crippen LogP contribution in [0.15, 0.2) is 4.99 Å². The second-order valence-electron chi connectivity index (χ2n) is 5.17. The highest BCUT2D eigenvalue weighted by atomic mass is 15.1. The van der Waals surface area contributed by atoms with E-state index in [-0.39, 0.29) is 0 Å². The van der Waals surface area contributed by atoms with Gasteiger partial charge in [-0.3, -0.25) is 4.99 Å². The predicted molar refractivity (Wildman–Crippen MR) is 65.8 cm³/mol. The molecule has 1 aliphatic rings. The van der Waals surface area contributed by atoms with Gasteiger partial charge in [0.15, 0.2) is 5.96 Å². The van der Waals surface area contributed by atoms with Crippen molar-refractivity contribution in [3.8, 4) is 0 Å². The van der Waals surface area contributed by atoms with Gasteiger partial charge in [-0.05, 0) is 24.2 Å². The Bertz CT molecular complexity index is 211. The summed E-state index contributed by atoms with van der Waals surface area (Å²) in [4.78, 5) is 4.29. The molecule has 0 saturated heterocycles. The second kappa shape index (κ2) is 5.99. The fourth-order valence-electron chi connectivity index (χ4n) is 2.10. The first-order valence-corrected chi connectivity index (χ1v) is 6.13. The molecule has 2 atom stereocenters. The summed E-state index contributed by atoms with van der Waals surface area (Å²) in [6.07, 6.45) is 4.08. The molecule has 2 unspecified atom stereocenters. The summed E-state index contributed by atoms with van der Waals surface area (Å²) in [6, 6.07) is 0. The van der Waals surface area contributed by atoms with Gasteiger partial charge in [-0.25, -0.2) is 0 Å². The minimum atomic E-state index is 0.579. The third-order valence-electron chi connectivity index (χ3n) is 3.21. The Kier molecular flexibility index (Phi) is 4.92. The lowest BCUT2D eigenvalue weighted by Crippen LogP contribution is -2.36. The molecule has 15 heavy (non-hydrogen) atoms. The van der Waals surface area contributed by atoms with Gasteiger partial charge >= 0.3 is 0 Å². The zero-order valence-electron chi connectivity index (χ0n) is 10.3. The van der Waals surface area contributed by atoms with Crippen molar-refractivity contribution in [2.45, 2.75) is 40.0 Å². The molecule has 3 nitrogen and oxygen atoms in total. The largest absolute Gasteiger partial charge is 0.370 e. The highest BCUT2D eigenvalue weighted by molar-refractivity contribution is 5.77. The maximum Gasteiger partial charge on any atom is 0.188 e. The average molecular weight is 211 g/mol. The highest BCUT2D eigenvalue weighted by Gasteiger charge is 2.22. The number of hydrogen-bond donors (Lipinski definition) is 2. The molecule has 0 aromatic rings. The van der Waals surface area contributed by atoms with E-state index in [0.717, 1.165) is 24.9 Å². The fraction of sp³-hybridized carbons (Fsp3) is 0.917. The standard InChI is InChI=1S/C12H25N3/c1-9(2)7-14-12(13)15-8-11-6-4-5-10(11)3/h9-11H,4-8H2,1-3H3,(H3,13,14,15). The molecular weight excluding hydrogens is 186 g/mol. The van der Waals surface area contributed by atoms with Crippen LogP contribution in [0.3, 0.4) is 0 Å². The van der Waals surface area contributed by atoms with E-state index >= 15 is 0 Å². The Labute approximate surface area is 93.5 Å². The highest BCUT2D eigenvalue weighted by Crippen LogP contribution is 2.30. The molecule has 0 aromatic heterocycles. The molecule has 1 rings (SSSR count). The first-order chi connectivity index (χ1) is 7.09. The molecule has 0 spiro atoms. The average Bonchev–Trinajstić information content (AvgIpc) is 2.58. The van der Waals surface area contributed by atoms with Crippen molar-refractivity contribution in [3.63, 3.8) is 0 Å². The molecule has 0 amide bonds. The van der Waals surface area contributed by atoms with Crippen molar-refractivity contribution in [2.24, 2.45) is 28.5 Å². The Hall–Kier alpha value is -0.730. The third-order valence-corrected chi connectivity index (χ3v) is 3.21. The summed E-state index contributed by atoms with van der Waals surface area (Å²) in [5, 5.41) is 3.24. The molecule has 0 aromatic carbocycles. The van der Waals surface area contributed by atoms with Crippen molar-refractivity contribution in [3.05, 3.63) is 0 Å². The minimum Gasteiger partial charge on any atom is -0.370 e. The van der Waals surface area contributed by atoms with Gasteiger partial charge in [0.1, 0.15) is 0 Å². The minimum absolute atomic E-state index is 0.579. The van der Waals surface area contributed by atoms with Crippen molar-refractivity contribution in [1.82, 2.24) is 5.32 Å². The molecule has 1 saturated carbocycles. The van der Waals surface area contributed by atoms with Crippen LogP contribution in [0, 0.1) is 17.8 Å². The van der Waals surface area contributed by atoms with Crippen LogP contribution in [0.2, 0.25) is 0 Å². The second-order valence-corrected chi connectivity index (χ2v) is 5.17. The fourth-order valence-corrected chi connectivity index (χ4v) is 2.10. The topological polar surface area (TPSA) is 50.4 Å². The SMILES string of the molecule is CC(C)CN=C(N)NCC1CCCC1C. The number of nitrogens with zero attached hydrogens (tertiary/aromatic N) is 1. The van der Waals surface area contributed by atoms with E-state index in [9.17, 15) is 0 Å². The summed E-state index contributed by atoms with van der Waals surface area (Å²) >= 11 is 0. The summed E-state index contributed by atoms with van der Waals surface area (Å²) in [6.45, 7) is 8.44. The molecule has 0 radical (unpaired) electrons. The van der Waals surface area contributed by atoms with E-state index in [2.05, 4.69) is 31.1 Å². The van der Waals surface area contributed by atoms with E-state index in [1.54, 1.807) is 0 Å². The van der Waals surface area contributed by atoms with E-state index in [4.69, 9.17) is 5.73 Å². The molecule has 3 N–H and O–H groups in total. The van der Waals surface area contributed by atoms with Gasteiger partial charge in [-0.15, -0.1) is 0 Å². The molecule has 88 valence electrons. The van der Waals surface area contributed by atoms with Crippen molar-refractivity contribution >= 4 is 5.96 Å². The molecule has 0 heterocycles. The van der Waals surface area contributed by atoms with Gasteiger partial charge in [0.05, 0.1) is 0 Å². The van der Waals surface area contributed by atoms with E-state index in [1.165, 1.54) is 19.3 Å². The van der Waals surface area contributed by atoms with E-state index in [0.29, 0.717) is 11.9 Å². The van der Waals surface area contributed by atoms with E-state index in [1.807, 2.05) is 0 Å². The monoisotopic (exact) mass is 211 g/mol. The van der Waals surface area contributed by atoms with Crippen LogP contribution in [-0.4, -0.2) is 19.0 Å². The Morgan fingerprint density at radius 1 is 1.47 bits per heavy atom. The van der Waals surface area contributed by atoms with Crippen LogP contribution in [0.25, 0.3) is 0 Å². The molecule has 0 aliphatic heterocycles. The number of aliphatic imine (C=N–C) groups is 1. The lowest BCUT2D eigenvalue weighted by molar-refractivity contribution is 0.414. The van der Waals surface area contributed by atoms with Crippen LogP contribution in [0.5, 0.6) is 0 Å². The lowest BCUT2D eigenvalue weighted by Gasteiger charge is -2.16. The van der Waals surface area contributed by atoms with E-state index < -0.39 is 0 Å². The van der Waals surface area contributed by atoms with Crippen LogP contribution in [0.1, 0.15) is 40.0 Å². The van der Waals surface area contributed by atoms with Crippen LogP contribution in [0.4, 0.5) is 0 Å². The first kappa shape index (κ1) is 12.3. The van der Waals surface area contributed by atoms with Gasteiger partial charge in [0.25, 0.3) is 0 Å². The Morgan fingerprint density at radius 2 is 2.20 bits per heavy atom. The van der Waals surface area contributed by atoms with Gasteiger partial charge in [-0.2, -0.15) is 0 Å². The summed E-state index contributed by atoms with van der Waals surface area (Å²) < 4.78 is 0. The van der Waals surface area contributed by atoms with Crippen molar-refractivity contribution in [2.75, 3.05) is 13.1 Å². The zero-order valence-corrected chi connectivity index (χ0v) is 10.3. The normalized spacial score (nSPS) is 27.3. The number of hydrogen-bond acceptors (Lipinski definition) is 1. The quantitative estimate of drug-likeness (QED) is 0.552. The number of guanidine groups is 1. The molecule has 3 heteroatoms. The molecule has 0 bridgehead atoms. The predicted octanol–water partition coefficient (Wildman–Crippen LogP) is 1.98. The number of nitrogens with one attached hydrogen (secondary N) is 1. The van der Waals surface area contributed by atoms with Gasteiger partial charge in [-0.1, -0.05) is 33.6 Å². The summed E-state index contributed by atoms with van der Waals surface area (Å²) in [5.74, 6) is 2.83. The number of rotatable bonds is 4. The lowest BCUT2D eigenvalue weighted by atomic mass is 9.98. The smallest absolute Gasteiger partial charge is 0.188 e. The van der Waals surface area contributed by atoms with Crippen molar-refractivity contribution < 1.29 is 0 Å². The van der Waals surface area contributed by atoms with Gasteiger partial charge in [0, 0.05) is 13.1 Å².